The van der Waals surface area contributed by atoms with Gasteiger partial charge in [-0.05, 0) is 149 Å². The molecule has 4 atom stereocenters. The monoisotopic (exact) mass is 1900 g/mol. The van der Waals surface area contributed by atoms with E-state index in [9.17, 15) is 39.0 Å². The highest BCUT2D eigenvalue weighted by atomic mass is 35.5. The van der Waals surface area contributed by atoms with Gasteiger partial charge in [-0.3, -0.25) is 14.4 Å². The van der Waals surface area contributed by atoms with Crippen molar-refractivity contribution in [2.24, 2.45) is 0 Å². The number of carbonyl (C=O) groups is 3. The topological polar surface area (TPSA) is 410 Å². The summed E-state index contributed by atoms with van der Waals surface area (Å²) in [6.45, 7) is 45.1. The second-order valence-electron chi connectivity index (χ2n) is 36.1. The number of piperazine rings is 3. The van der Waals surface area contributed by atoms with Gasteiger partial charge in [0.05, 0.1) is 116 Å². The van der Waals surface area contributed by atoms with Gasteiger partial charge in [-0.1, -0.05) is 156 Å². The summed E-state index contributed by atoms with van der Waals surface area (Å²) in [7, 11) is 0. The predicted octanol–water partition coefficient (Wildman–Crippen LogP) is 15.9. The summed E-state index contributed by atoms with van der Waals surface area (Å²) in [5.41, 5.74) is 21.6. The number of pyridine rings is 3. The van der Waals surface area contributed by atoms with Crippen molar-refractivity contribution in [1.82, 2.24) is 88.2 Å². The summed E-state index contributed by atoms with van der Waals surface area (Å²) in [5.74, 6) is -1.91. The molecule has 706 valence electrons. The third-order valence-electron chi connectivity index (χ3n) is 24.4. The van der Waals surface area contributed by atoms with E-state index in [0.717, 1.165) is 18.7 Å². The lowest BCUT2D eigenvalue weighted by Gasteiger charge is -2.44. The highest BCUT2D eigenvalue weighted by Gasteiger charge is 2.40. The number of carbonyl (C=O) groups excluding carboxylic acids is 3. The molecule has 3 amide bonds. The Morgan fingerprint density at radius 3 is 1.03 bits per heavy atom. The lowest BCUT2D eigenvalue weighted by atomic mass is 10.0. The number of nitrogen functional groups attached to an aromatic ring is 3. The van der Waals surface area contributed by atoms with Crippen molar-refractivity contribution >= 4 is 121 Å². The number of aromatic nitrogens is 15. The molecule has 8 N–H and O–H groups in total. The average Bonchev–Trinajstić information content (AvgIpc) is 0.938. The zero-order valence-electron chi connectivity index (χ0n) is 77.9. The maximum Gasteiger partial charge on any atom is 0.355 e. The van der Waals surface area contributed by atoms with E-state index >= 15 is 13.2 Å². The summed E-state index contributed by atoms with van der Waals surface area (Å²) in [5, 5.41) is 22.8. The molecule has 3 saturated heterocycles. The van der Waals surface area contributed by atoms with E-state index in [-0.39, 0.29) is 172 Å². The van der Waals surface area contributed by atoms with Crippen molar-refractivity contribution in [3.8, 4) is 62.3 Å². The van der Waals surface area contributed by atoms with Gasteiger partial charge in [-0.15, -0.1) is 0 Å². The first kappa shape index (κ1) is 97.5. The van der Waals surface area contributed by atoms with Crippen LogP contribution in [0.1, 0.15) is 205 Å². The molecule has 0 spiro atoms. The molecular weight excluding hydrogens is 1790 g/mol. The van der Waals surface area contributed by atoms with Gasteiger partial charge in [0.2, 0.25) is 29.6 Å². The third-order valence-corrected chi connectivity index (χ3v) is 25.3. The van der Waals surface area contributed by atoms with Crippen LogP contribution in [0.2, 0.25) is 15.1 Å². The van der Waals surface area contributed by atoms with Crippen LogP contribution in [0.5, 0.6) is 11.5 Å². The standard InChI is InChI=1S/C34H38ClFN8O2.C32H36ClFN8O3.C31H34ClFN8O3/c1-7-25(45)42-13-14-43(19(6)16-42)32-21-15-22(35)29(26-23(36)9-8-10-24(26)37)40-33(21)44(34(46)41-32)30-27(17(2)3)38-31(20-11-12-20)39-28(30)18(4)5;1-8-23(44)40-13-18(7)41(14-17(40)6)29-19-12-20(33)27(24-21(34)10-9-11-22(24)43)36-30(19)42(32(45)39-29)28-25(15(2)3)37-31(35)38-26(28)16(4)5;1-7-22(43)39-11-12-40(17(6)14-39)28-18-13-19(32)26(23-20(33)9-8-10-21(23)42)35-29(18)41(31(44)38-28)27-24(15(2)3)36-30(34)37-25(27)16(4)5/h7-10,15,17-20H,1,11-14,16,37H2,2-6H3;8-12,15-18,43H,1,13-14H2,2-7H3,(H2,35,37,38);7-10,13,15-17,42H,1,11-12,14H2,2-6H3,(H2,34,36,37)/t19-;17-,18+;17-/m010/s1. The van der Waals surface area contributed by atoms with E-state index in [4.69, 9.17) is 76.9 Å². The fourth-order valence-electron chi connectivity index (χ4n) is 17.6. The minimum Gasteiger partial charge on any atom is -0.507 e. The Balaban J connectivity index is 0.000000162. The van der Waals surface area contributed by atoms with Gasteiger partial charge >= 0.3 is 17.1 Å². The van der Waals surface area contributed by atoms with Crippen LogP contribution in [0.15, 0.2) is 125 Å². The largest absolute Gasteiger partial charge is 0.507 e. The van der Waals surface area contributed by atoms with Crippen LogP contribution in [0.3, 0.4) is 0 Å². The lowest BCUT2D eigenvalue weighted by molar-refractivity contribution is -0.129. The molecule has 16 rings (SSSR count). The number of hydrogen-bond acceptors (Lipinski definition) is 26. The van der Waals surface area contributed by atoms with Gasteiger partial charge in [-0.2, -0.15) is 15.0 Å². The highest BCUT2D eigenvalue weighted by Crippen LogP contribution is 2.47. The maximum absolute atomic E-state index is 15.3. The van der Waals surface area contributed by atoms with E-state index in [1.807, 2.05) is 125 Å². The Morgan fingerprint density at radius 2 is 0.719 bits per heavy atom. The number of halogens is 6. The maximum atomic E-state index is 15.3. The molecule has 0 bridgehead atoms. The van der Waals surface area contributed by atoms with Crippen LogP contribution >= 0.6 is 34.8 Å². The van der Waals surface area contributed by atoms with Crippen LogP contribution in [0, 0.1) is 17.5 Å². The number of amides is 3. The van der Waals surface area contributed by atoms with Gasteiger partial charge < -0.3 is 56.8 Å². The molecule has 12 aromatic rings. The molecule has 3 aromatic carbocycles. The second-order valence-corrected chi connectivity index (χ2v) is 37.3. The first-order valence-electron chi connectivity index (χ1n) is 44.7. The van der Waals surface area contributed by atoms with Crippen LogP contribution in [0.4, 0.5) is 48.2 Å². The Kier molecular flexibility index (Phi) is 28.3. The van der Waals surface area contributed by atoms with Crippen molar-refractivity contribution in [3.05, 3.63) is 215 Å². The van der Waals surface area contributed by atoms with Crippen LogP contribution < -0.4 is 49.0 Å². The van der Waals surface area contributed by atoms with Gasteiger partial charge in [0, 0.05) is 88.1 Å². The quantitative estimate of drug-likeness (QED) is 0.0371. The van der Waals surface area contributed by atoms with Crippen molar-refractivity contribution < 1.29 is 37.8 Å². The summed E-state index contributed by atoms with van der Waals surface area (Å²) < 4.78 is 49.7. The van der Waals surface area contributed by atoms with Gasteiger partial charge in [-0.25, -0.2) is 86.1 Å². The van der Waals surface area contributed by atoms with Crippen LogP contribution in [-0.4, -0.2) is 193 Å². The van der Waals surface area contributed by atoms with Gasteiger partial charge in [0.25, 0.3) is 0 Å². The number of hydrogen-bond donors (Lipinski definition) is 5. The molecule has 135 heavy (non-hydrogen) atoms. The molecule has 0 radical (unpaired) electrons. The molecule has 4 fully saturated rings. The molecule has 1 saturated carbocycles. The van der Waals surface area contributed by atoms with Crippen molar-refractivity contribution in [3.63, 3.8) is 0 Å². The predicted molar refractivity (Wildman–Crippen MR) is 522 cm³/mol. The van der Waals surface area contributed by atoms with Crippen LogP contribution in [-0.2, 0) is 14.4 Å². The fourth-order valence-corrected chi connectivity index (χ4v) is 18.3. The summed E-state index contributed by atoms with van der Waals surface area (Å²) in [6.07, 6.45) is 5.92. The minimum atomic E-state index is -0.737. The molecule has 38 heteroatoms. The molecule has 9 aromatic heterocycles. The second kappa shape index (κ2) is 39.2. The van der Waals surface area contributed by atoms with Crippen molar-refractivity contribution in [2.75, 3.05) is 84.3 Å². The Labute approximate surface area is 792 Å². The highest BCUT2D eigenvalue weighted by molar-refractivity contribution is 6.35. The minimum absolute atomic E-state index is 0.0408. The van der Waals surface area contributed by atoms with E-state index in [0.29, 0.717) is 143 Å². The molecule has 1 aliphatic carbocycles. The number of benzene rings is 3. The first-order valence-corrected chi connectivity index (χ1v) is 45.9. The Bertz CT molecular complexity index is 6840. The molecule has 32 nitrogen and oxygen atoms in total. The SMILES string of the molecule is C=CC(=O)N1CCN(c2nc(=O)n(-c3c(C(C)C)nc(C4CC4)nc3C(C)C)c3nc(-c4c(N)cccc4F)c(Cl)cc23)[C@@H](C)C1.C=CC(=O)N1CCN(c2nc(=O)n(-c3c(C(C)C)nc(N)nc3C(C)C)c3nc(-c4c(O)cccc4F)c(Cl)cc23)[C@@H](C)C1.C=CC(=O)N1C[C@H](C)N(c2nc(=O)n(-c3c(C(C)C)nc(N)nc3C(C)C)c3nc(-c4c(O)cccc4F)c(Cl)cc23)C[C@H]1C. The van der Waals surface area contributed by atoms with Crippen LogP contribution in [0.25, 0.3) is 83.9 Å². The first-order chi connectivity index (χ1) is 64.0. The van der Waals surface area contributed by atoms with E-state index in [1.54, 1.807) is 39.0 Å². The van der Waals surface area contributed by atoms with Gasteiger partial charge in [0.15, 0.2) is 16.9 Å². The van der Waals surface area contributed by atoms with Crippen molar-refractivity contribution in [2.45, 2.75) is 189 Å². The van der Waals surface area contributed by atoms with E-state index in [2.05, 4.69) is 54.6 Å². The smallest absolute Gasteiger partial charge is 0.355 e. The summed E-state index contributed by atoms with van der Waals surface area (Å²) >= 11 is 20.4. The zero-order valence-corrected chi connectivity index (χ0v) is 80.2. The Morgan fingerprint density at radius 1 is 0.407 bits per heavy atom. The molecular formula is C97H108Cl3F3N24O8. The molecule has 0 unspecified atom stereocenters. The number of nitrogens with zero attached hydrogens (tertiary/aromatic N) is 21. The number of anilines is 6. The molecule has 12 heterocycles. The molecule has 4 aliphatic rings. The number of nitrogens with two attached hydrogens (primary N) is 3. The summed E-state index contributed by atoms with van der Waals surface area (Å²) in [6, 6.07) is 16.1. The number of phenols is 2. The van der Waals surface area contributed by atoms with E-state index < -0.39 is 34.5 Å². The number of rotatable bonds is 19. The van der Waals surface area contributed by atoms with E-state index in [1.165, 1.54) is 80.5 Å². The molecule has 3 aliphatic heterocycles. The normalized spacial score (nSPS) is 16.5. The summed E-state index contributed by atoms with van der Waals surface area (Å²) in [4.78, 5) is 147. The number of aromatic hydroxyl groups is 2. The third kappa shape index (κ3) is 18.8. The number of phenolic OH excluding ortho intramolecular Hbond substituents is 2. The van der Waals surface area contributed by atoms with Gasteiger partial charge in [0.1, 0.15) is 52.2 Å². The average molecular weight is 1900 g/mol. The zero-order chi connectivity index (χ0) is 98.0. The van der Waals surface area contributed by atoms with Crippen molar-refractivity contribution in [1.29, 1.82) is 0 Å². The Hall–Kier alpha value is -13.5. The fraction of sp³-hybridized carbons (Fsp3) is 0.381. The lowest BCUT2D eigenvalue weighted by Crippen LogP contribution is -2.58. The number of fused-ring (bicyclic) bond motifs is 3.